The van der Waals surface area contributed by atoms with E-state index in [0.717, 1.165) is 0 Å². The Hall–Kier alpha value is -0.970. The Morgan fingerprint density at radius 1 is 1.46 bits per heavy atom. The van der Waals surface area contributed by atoms with Crippen molar-refractivity contribution in [3.8, 4) is 0 Å². The summed E-state index contributed by atoms with van der Waals surface area (Å²) in [6.07, 6.45) is 0. The van der Waals surface area contributed by atoms with Crippen LogP contribution in [0.2, 0.25) is 0 Å². The van der Waals surface area contributed by atoms with Crippen molar-refractivity contribution in [1.82, 2.24) is 0 Å². The van der Waals surface area contributed by atoms with Gasteiger partial charge < -0.3 is 16.6 Å². The maximum Gasteiger partial charge on any atom is 0.128 e. The molecular weight excluding hydrogens is 171 g/mol. The van der Waals surface area contributed by atoms with Gasteiger partial charge in [-0.3, -0.25) is 0 Å². The normalized spacial score (nSPS) is 12.9. The highest BCUT2D eigenvalue weighted by Gasteiger charge is 2.07. The molecule has 3 nitrogen and oxygen atoms in total. The number of aliphatic hydroxyl groups excluding tert-OH is 1. The molecule has 0 aliphatic carbocycles. The molecule has 1 atom stereocenters. The molecule has 0 radical (unpaired) electrons. The van der Waals surface area contributed by atoms with Crippen molar-refractivity contribution in [2.75, 3.05) is 6.61 Å². The molecule has 0 aliphatic rings. The lowest BCUT2D eigenvalue weighted by molar-refractivity contribution is 0.267. The molecule has 0 amide bonds. The summed E-state index contributed by atoms with van der Waals surface area (Å²) >= 11 is 0. The number of benzene rings is 1. The Kier molecular flexibility index (Phi) is 3.36. The zero-order valence-corrected chi connectivity index (χ0v) is 7.20. The van der Waals surface area contributed by atoms with Crippen molar-refractivity contribution in [2.24, 2.45) is 11.5 Å². The number of rotatable bonds is 3. The van der Waals surface area contributed by atoms with E-state index in [-0.39, 0.29) is 19.0 Å². The second-order valence-electron chi connectivity index (χ2n) is 2.84. The van der Waals surface area contributed by atoms with Crippen LogP contribution in [0.15, 0.2) is 18.2 Å². The third kappa shape index (κ3) is 2.24. The van der Waals surface area contributed by atoms with Crippen molar-refractivity contribution in [3.63, 3.8) is 0 Å². The van der Waals surface area contributed by atoms with Gasteiger partial charge in [0.05, 0.1) is 12.6 Å². The maximum absolute atomic E-state index is 13.1. The van der Waals surface area contributed by atoms with E-state index in [1.807, 2.05) is 0 Å². The van der Waals surface area contributed by atoms with E-state index in [4.69, 9.17) is 16.6 Å². The van der Waals surface area contributed by atoms with E-state index >= 15 is 0 Å². The topological polar surface area (TPSA) is 72.3 Å². The Morgan fingerprint density at radius 2 is 2.15 bits per heavy atom. The summed E-state index contributed by atoms with van der Waals surface area (Å²) in [5.41, 5.74) is 11.8. The molecular formula is C9H13FN2O. The van der Waals surface area contributed by atoms with Gasteiger partial charge in [0.25, 0.3) is 0 Å². The SMILES string of the molecule is NCc1ccc(C(N)CO)cc1F. The van der Waals surface area contributed by atoms with Gasteiger partial charge in [-0.15, -0.1) is 0 Å². The molecule has 1 unspecified atom stereocenters. The first-order chi connectivity index (χ1) is 6.19. The fourth-order valence-corrected chi connectivity index (χ4v) is 1.07. The number of nitrogens with two attached hydrogens (primary N) is 2. The molecule has 1 aromatic rings. The van der Waals surface area contributed by atoms with Crippen LogP contribution in [0.3, 0.4) is 0 Å². The molecule has 5 N–H and O–H groups in total. The lowest BCUT2D eigenvalue weighted by Crippen LogP contribution is -2.15. The fraction of sp³-hybridized carbons (Fsp3) is 0.333. The van der Waals surface area contributed by atoms with Crippen molar-refractivity contribution in [2.45, 2.75) is 12.6 Å². The van der Waals surface area contributed by atoms with Gasteiger partial charge in [0, 0.05) is 12.1 Å². The summed E-state index contributed by atoms with van der Waals surface area (Å²) < 4.78 is 13.1. The molecule has 0 spiro atoms. The van der Waals surface area contributed by atoms with Crippen LogP contribution in [0.25, 0.3) is 0 Å². The van der Waals surface area contributed by atoms with Gasteiger partial charge >= 0.3 is 0 Å². The zero-order chi connectivity index (χ0) is 9.84. The number of hydrogen-bond donors (Lipinski definition) is 3. The first kappa shape index (κ1) is 10.1. The molecule has 0 heterocycles. The summed E-state index contributed by atoms with van der Waals surface area (Å²) in [7, 11) is 0. The summed E-state index contributed by atoms with van der Waals surface area (Å²) in [5.74, 6) is -0.371. The van der Waals surface area contributed by atoms with Crippen LogP contribution in [0.4, 0.5) is 4.39 Å². The van der Waals surface area contributed by atoms with Crippen molar-refractivity contribution >= 4 is 0 Å². The van der Waals surface area contributed by atoms with Gasteiger partial charge in [-0.25, -0.2) is 4.39 Å². The van der Waals surface area contributed by atoms with E-state index in [1.54, 1.807) is 12.1 Å². The molecule has 0 saturated heterocycles. The first-order valence-corrected chi connectivity index (χ1v) is 4.04. The predicted octanol–water partition coefficient (Wildman–Crippen LogP) is 0.277. The van der Waals surface area contributed by atoms with E-state index in [9.17, 15) is 4.39 Å². The van der Waals surface area contributed by atoms with E-state index in [2.05, 4.69) is 0 Å². The summed E-state index contributed by atoms with van der Waals surface area (Å²) in [4.78, 5) is 0. The minimum Gasteiger partial charge on any atom is -0.394 e. The third-order valence-corrected chi connectivity index (χ3v) is 1.92. The number of aliphatic hydroxyl groups is 1. The van der Waals surface area contributed by atoms with Crippen LogP contribution < -0.4 is 11.5 Å². The van der Waals surface area contributed by atoms with Gasteiger partial charge in [-0.05, 0) is 11.6 Å². The minimum atomic E-state index is -0.527. The molecule has 1 aromatic carbocycles. The average molecular weight is 184 g/mol. The monoisotopic (exact) mass is 184 g/mol. The summed E-state index contributed by atoms with van der Waals surface area (Å²) in [5, 5.41) is 8.73. The quantitative estimate of drug-likeness (QED) is 0.631. The van der Waals surface area contributed by atoms with Gasteiger partial charge in [-0.2, -0.15) is 0 Å². The number of hydrogen-bond acceptors (Lipinski definition) is 3. The highest BCUT2D eigenvalue weighted by Crippen LogP contribution is 2.14. The van der Waals surface area contributed by atoms with Crippen molar-refractivity contribution in [1.29, 1.82) is 0 Å². The molecule has 0 aromatic heterocycles. The van der Waals surface area contributed by atoms with Gasteiger partial charge in [0.2, 0.25) is 0 Å². The van der Waals surface area contributed by atoms with Crippen LogP contribution >= 0.6 is 0 Å². The van der Waals surface area contributed by atoms with Crippen LogP contribution in [-0.4, -0.2) is 11.7 Å². The Morgan fingerprint density at radius 3 is 2.62 bits per heavy atom. The zero-order valence-electron chi connectivity index (χ0n) is 7.20. The predicted molar refractivity (Wildman–Crippen MR) is 48.3 cm³/mol. The molecule has 13 heavy (non-hydrogen) atoms. The fourth-order valence-electron chi connectivity index (χ4n) is 1.07. The second-order valence-corrected chi connectivity index (χ2v) is 2.84. The lowest BCUT2D eigenvalue weighted by Gasteiger charge is -2.09. The minimum absolute atomic E-state index is 0.167. The Labute approximate surface area is 76.2 Å². The molecule has 1 rings (SSSR count). The van der Waals surface area contributed by atoms with E-state index in [0.29, 0.717) is 11.1 Å². The molecule has 0 aliphatic heterocycles. The van der Waals surface area contributed by atoms with Crippen LogP contribution in [0, 0.1) is 5.82 Å². The maximum atomic E-state index is 13.1. The highest BCUT2D eigenvalue weighted by molar-refractivity contribution is 5.26. The summed E-state index contributed by atoms with van der Waals surface area (Å²) in [6, 6.07) is 4.04. The first-order valence-electron chi connectivity index (χ1n) is 4.04. The molecule has 0 saturated carbocycles. The smallest absolute Gasteiger partial charge is 0.128 e. The van der Waals surface area contributed by atoms with Crippen LogP contribution in [0.1, 0.15) is 17.2 Å². The van der Waals surface area contributed by atoms with Crippen LogP contribution in [-0.2, 0) is 6.54 Å². The average Bonchev–Trinajstić information content (AvgIpc) is 2.16. The van der Waals surface area contributed by atoms with E-state index in [1.165, 1.54) is 6.07 Å². The Bertz CT molecular complexity index is 291. The second kappa shape index (κ2) is 4.32. The standard InChI is InChI=1S/C9H13FN2O/c10-8-3-6(9(12)5-13)1-2-7(8)4-11/h1-3,9,13H,4-5,11-12H2. The number of halogens is 1. The Balaban J connectivity index is 2.95. The third-order valence-electron chi connectivity index (χ3n) is 1.92. The lowest BCUT2D eigenvalue weighted by atomic mass is 10.1. The molecule has 0 fully saturated rings. The van der Waals surface area contributed by atoms with Gasteiger partial charge in [0.1, 0.15) is 5.82 Å². The van der Waals surface area contributed by atoms with Gasteiger partial charge in [-0.1, -0.05) is 12.1 Å². The highest BCUT2D eigenvalue weighted by atomic mass is 19.1. The van der Waals surface area contributed by atoms with Crippen molar-refractivity contribution < 1.29 is 9.50 Å². The van der Waals surface area contributed by atoms with E-state index < -0.39 is 6.04 Å². The summed E-state index contributed by atoms with van der Waals surface area (Å²) in [6.45, 7) is -0.0259. The molecule has 72 valence electrons. The van der Waals surface area contributed by atoms with Crippen molar-refractivity contribution in [3.05, 3.63) is 35.1 Å². The largest absolute Gasteiger partial charge is 0.394 e. The van der Waals surface area contributed by atoms with Gasteiger partial charge in [0.15, 0.2) is 0 Å². The van der Waals surface area contributed by atoms with Crippen LogP contribution in [0.5, 0.6) is 0 Å². The molecule has 4 heteroatoms. The molecule has 0 bridgehead atoms.